The highest BCUT2D eigenvalue weighted by Gasteiger charge is 2.21. The highest BCUT2D eigenvalue weighted by molar-refractivity contribution is 7.20. The maximum Gasteiger partial charge on any atom is 0.276 e. The molecule has 0 unspecified atom stereocenters. The number of thiazole rings is 1. The van der Waals surface area contributed by atoms with E-state index in [0.717, 1.165) is 29.9 Å². The summed E-state index contributed by atoms with van der Waals surface area (Å²) in [5.41, 5.74) is 2.97. The quantitative estimate of drug-likeness (QED) is 0.709. The molecule has 0 saturated heterocycles. The largest absolute Gasteiger partial charge is 0.359 e. The zero-order chi connectivity index (χ0) is 19.7. The number of fused-ring (bicyclic) bond motifs is 1. The van der Waals surface area contributed by atoms with Crippen molar-refractivity contribution in [1.82, 2.24) is 9.97 Å². The molecule has 4 rings (SSSR count). The first-order valence-corrected chi connectivity index (χ1v) is 9.69. The molecule has 2 N–H and O–H groups in total. The van der Waals surface area contributed by atoms with E-state index in [-0.39, 0.29) is 11.8 Å². The second-order valence-electron chi connectivity index (χ2n) is 6.55. The predicted octanol–water partition coefficient (Wildman–Crippen LogP) is 3.41. The lowest BCUT2D eigenvalue weighted by molar-refractivity contribution is -0.114. The molecule has 0 fully saturated rings. The van der Waals surface area contributed by atoms with Crippen LogP contribution in [-0.4, -0.2) is 35.4 Å². The van der Waals surface area contributed by atoms with Crippen molar-refractivity contribution in [3.63, 3.8) is 0 Å². The van der Waals surface area contributed by atoms with Crippen LogP contribution >= 0.6 is 11.3 Å². The van der Waals surface area contributed by atoms with Crippen molar-refractivity contribution >= 4 is 39.1 Å². The molecule has 0 atom stereocenters. The van der Waals surface area contributed by atoms with Crippen LogP contribution in [0, 0.1) is 0 Å². The lowest BCUT2D eigenvalue weighted by Gasteiger charge is -2.11. The molecule has 0 bridgehead atoms. The molecule has 7 nitrogen and oxygen atoms in total. The normalized spacial score (nSPS) is 12.6. The van der Waals surface area contributed by atoms with Crippen LogP contribution in [0.5, 0.6) is 0 Å². The van der Waals surface area contributed by atoms with E-state index in [0.29, 0.717) is 21.5 Å². The molecule has 0 radical (unpaired) electrons. The number of hydrogen-bond acceptors (Lipinski definition) is 6. The van der Waals surface area contributed by atoms with Gasteiger partial charge in [0.2, 0.25) is 5.91 Å². The molecule has 0 spiro atoms. The molecular formula is C20H19N5O2S. The van der Waals surface area contributed by atoms with E-state index < -0.39 is 0 Å². The van der Waals surface area contributed by atoms with Crippen LogP contribution in [0.2, 0.25) is 0 Å². The van der Waals surface area contributed by atoms with Crippen LogP contribution in [0.15, 0.2) is 42.5 Å². The number of nitrogens with one attached hydrogen (secondary N) is 2. The number of hydrogen-bond donors (Lipinski definition) is 2. The minimum Gasteiger partial charge on any atom is -0.359 e. The second kappa shape index (κ2) is 7.40. The number of carbonyl (C=O) groups excluding carboxylic acids is 2. The van der Waals surface area contributed by atoms with E-state index in [1.807, 2.05) is 48.3 Å². The fraction of sp³-hybridized carbons (Fsp3) is 0.200. The van der Waals surface area contributed by atoms with Crippen LogP contribution < -0.4 is 15.5 Å². The van der Waals surface area contributed by atoms with Crippen molar-refractivity contribution in [2.75, 3.05) is 29.1 Å². The number of amides is 2. The van der Waals surface area contributed by atoms with Crippen molar-refractivity contribution < 1.29 is 9.59 Å². The number of benzene rings is 1. The number of carbonyl (C=O) groups is 2. The van der Waals surface area contributed by atoms with E-state index in [1.165, 1.54) is 18.3 Å². The van der Waals surface area contributed by atoms with Gasteiger partial charge in [0, 0.05) is 26.1 Å². The molecule has 0 aliphatic carbocycles. The van der Waals surface area contributed by atoms with Gasteiger partial charge in [-0.05, 0) is 18.1 Å². The zero-order valence-corrected chi connectivity index (χ0v) is 16.3. The van der Waals surface area contributed by atoms with E-state index in [2.05, 4.69) is 20.6 Å². The number of nitrogens with zero attached hydrogens (tertiary/aromatic N) is 3. The Balaban J connectivity index is 1.61. The minimum atomic E-state index is -0.328. The van der Waals surface area contributed by atoms with Crippen molar-refractivity contribution in [2.24, 2.45) is 0 Å². The molecule has 2 aromatic heterocycles. The second-order valence-corrected chi connectivity index (χ2v) is 7.55. The Kier molecular flexibility index (Phi) is 4.79. The number of likely N-dealkylation sites (N-methyl/N-ethyl adjacent to an activating group) is 1. The Hall–Kier alpha value is -3.26. The number of anilines is 3. The SMILES string of the molecule is CC(=O)Nc1sc(NC(=O)c2ccc3c(n2)N(C)CC3)nc1-c1ccccc1. The smallest absolute Gasteiger partial charge is 0.276 e. The third-order valence-corrected chi connectivity index (χ3v) is 5.34. The molecule has 3 aromatic rings. The summed E-state index contributed by atoms with van der Waals surface area (Å²) < 4.78 is 0. The first-order valence-electron chi connectivity index (χ1n) is 8.87. The summed E-state index contributed by atoms with van der Waals surface area (Å²) in [5, 5.41) is 6.59. The summed E-state index contributed by atoms with van der Waals surface area (Å²) in [7, 11) is 1.97. The van der Waals surface area contributed by atoms with Crippen LogP contribution in [0.25, 0.3) is 11.3 Å². The van der Waals surface area contributed by atoms with E-state index in [9.17, 15) is 9.59 Å². The Morgan fingerprint density at radius 1 is 1.07 bits per heavy atom. The highest BCUT2D eigenvalue weighted by atomic mass is 32.1. The predicted molar refractivity (Wildman–Crippen MR) is 111 cm³/mol. The van der Waals surface area contributed by atoms with Crippen molar-refractivity contribution in [3.8, 4) is 11.3 Å². The fourth-order valence-corrected chi connectivity index (χ4v) is 4.02. The molecule has 2 amide bonds. The standard InChI is InChI=1S/C20H19N5O2S/c1-12(26)21-19-16(13-6-4-3-5-7-13)23-20(28-19)24-18(27)15-9-8-14-10-11-25(2)17(14)22-15/h3-9H,10-11H2,1-2H3,(H,21,26)(H,23,24,27). The third-order valence-electron chi connectivity index (χ3n) is 4.45. The molecule has 28 heavy (non-hydrogen) atoms. The van der Waals surface area contributed by atoms with Gasteiger partial charge >= 0.3 is 0 Å². The van der Waals surface area contributed by atoms with E-state index >= 15 is 0 Å². The van der Waals surface area contributed by atoms with Gasteiger partial charge in [0.1, 0.15) is 22.2 Å². The van der Waals surface area contributed by atoms with Gasteiger partial charge in [-0.3, -0.25) is 14.9 Å². The monoisotopic (exact) mass is 393 g/mol. The van der Waals surface area contributed by atoms with Crippen molar-refractivity contribution in [2.45, 2.75) is 13.3 Å². The van der Waals surface area contributed by atoms with Crippen molar-refractivity contribution in [1.29, 1.82) is 0 Å². The van der Waals surface area contributed by atoms with Gasteiger partial charge < -0.3 is 10.2 Å². The topological polar surface area (TPSA) is 87.2 Å². The van der Waals surface area contributed by atoms with Crippen LogP contribution in [0.3, 0.4) is 0 Å². The minimum absolute atomic E-state index is 0.193. The Bertz CT molecular complexity index is 1050. The number of rotatable bonds is 4. The Labute approximate surface area is 166 Å². The van der Waals surface area contributed by atoms with Gasteiger partial charge in [-0.1, -0.05) is 47.7 Å². The van der Waals surface area contributed by atoms with E-state index in [1.54, 1.807) is 6.07 Å². The van der Waals surface area contributed by atoms with E-state index in [4.69, 9.17) is 0 Å². The van der Waals surface area contributed by atoms with Crippen LogP contribution in [-0.2, 0) is 11.2 Å². The first kappa shape index (κ1) is 18.1. The maximum atomic E-state index is 12.7. The number of pyridine rings is 1. The maximum absolute atomic E-state index is 12.7. The van der Waals surface area contributed by atoms with Gasteiger partial charge in [-0.2, -0.15) is 0 Å². The first-order chi connectivity index (χ1) is 13.5. The molecule has 0 saturated carbocycles. The summed E-state index contributed by atoms with van der Waals surface area (Å²) in [6.07, 6.45) is 0.938. The zero-order valence-electron chi connectivity index (χ0n) is 15.5. The fourth-order valence-electron chi connectivity index (χ4n) is 3.09. The highest BCUT2D eigenvalue weighted by Crippen LogP contribution is 2.36. The summed E-state index contributed by atoms with van der Waals surface area (Å²) in [4.78, 5) is 35.3. The third kappa shape index (κ3) is 3.59. The summed E-state index contributed by atoms with van der Waals surface area (Å²) in [5.74, 6) is 0.323. The molecule has 1 aliphatic rings. The number of aromatic nitrogens is 2. The average Bonchev–Trinajstić information content (AvgIpc) is 3.25. The van der Waals surface area contributed by atoms with Crippen LogP contribution in [0.1, 0.15) is 23.0 Å². The molecule has 3 heterocycles. The summed E-state index contributed by atoms with van der Waals surface area (Å²) >= 11 is 1.22. The lowest BCUT2D eigenvalue weighted by Crippen LogP contribution is -2.17. The average molecular weight is 393 g/mol. The van der Waals surface area contributed by atoms with Crippen LogP contribution in [0.4, 0.5) is 16.0 Å². The van der Waals surface area contributed by atoms with Gasteiger partial charge in [0.05, 0.1) is 0 Å². The molecule has 8 heteroatoms. The Morgan fingerprint density at radius 3 is 2.61 bits per heavy atom. The molecule has 142 valence electrons. The molecular weight excluding hydrogens is 374 g/mol. The van der Waals surface area contributed by atoms with Gasteiger partial charge in [-0.25, -0.2) is 9.97 Å². The van der Waals surface area contributed by atoms with Gasteiger partial charge in [0.25, 0.3) is 5.91 Å². The lowest BCUT2D eigenvalue weighted by atomic mass is 10.2. The summed E-state index contributed by atoms with van der Waals surface area (Å²) in [6, 6.07) is 13.2. The Morgan fingerprint density at radius 2 is 1.86 bits per heavy atom. The van der Waals surface area contributed by atoms with Gasteiger partial charge in [0.15, 0.2) is 5.13 Å². The molecule has 1 aromatic carbocycles. The molecule has 1 aliphatic heterocycles. The van der Waals surface area contributed by atoms with Gasteiger partial charge in [-0.15, -0.1) is 0 Å². The van der Waals surface area contributed by atoms with Crippen molar-refractivity contribution in [3.05, 3.63) is 53.7 Å². The summed E-state index contributed by atoms with van der Waals surface area (Å²) in [6.45, 7) is 2.35.